The first-order valence-electron chi connectivity index (χ1n) is 7.20. The topological polar surface area (TPSA) is 47.6 Å². The molecule has 0 radical (unpaired) electrons. The Labute approximate surface area is 126 Å². The fourth-order valence-corrected chi connectivity index (χ4v) is 2.39. The maximum Gasteiger partial charge on any atom is 0.387 e. The van der Waals surface area contributed by atoms with Gasteiger partial charge in [0.15, 0.2) is 11.6 Å². The van der Waals surface area contributed by atoms with Gasteiger partial charge in [-0.1, -0.05) is 19.3 Å². The number of rotatable bonds is 6. The molecule has 1 aromatic rings. The van der Waals surface area contributed by atoms with Crippen molar-refractivity contribution in [3.05, 3.63) is 24.0 Å². The number of anilines is 1. The molecule has 1 fully saturated rings. The van der Waals surface area contributed by atoms with E-state index in [1.165, 1.54) is 12.5 Å². The molecule has 1 aromatic carbocycles. The normalized spacial score (nSPS) is 15.8. The molecule has 1 N–H and O–H groups in total. The van der Waals surface area contributed by atoms with Gasteiger partial charge in [-0.15, -0.1) is 0 Å². The average molecular weight is 317 g/mol. The molecule has 1 amide bonds. The Kier molecular flexibility index (Phi) is 6.06. The van der Waals surface area contributed by atoms with Crippen LogP contribution in [-0.4, -0.2) is 25.2 Å². The first kappa shape index (κ1) is 16.6. The molecule has 7 heteroatoms. The zero-order valence-electron chi connectivity index (χ0n) is 12.0. The van der Waals surface area contributed by atoms with Crippen LogP contribution in [0.1, 0.15) is 32.1 Å². The molecule has 22 heavy (non-hydrogen) atoms. The summed E-state index contributed by atoms with van der Waals surface area (Å²) in [6, 6.07) is 3.26. The van der Waals surface area contributed by atoms with Crippen LogP contribution in [0.4, 0.5) is 18.9 Å². The maximum atomic E-state index is 13.5. The van der Waals surface area contributed by atoms with Crippen molar-refractivity contribution in [1.82, 2.24) is 0 Å². The van der Waals surface area contributed by atoms with Crippen molar-refractivity contribution in [3.8, 4) is 5.75 Å². The van der Waals surface area contributed by atoms with E-state index >= 15 is 0 Å². The zero-order chi connectivity index (χ0) is 15.9. The van der Waals surface area contributed by atoms with Crippen molar-refractivity contribution in [2.45, 2.75) is 44.8 Å². The number of carbonyl (C=O) groups excluding carboxylic acids is 1. The fraction of sp³-hybridized carbons (Fsp3) is 0.533. The SMILES string of the molecule is O=C(COC1CCCCC1)Nc1ccc(OC(F)F)c(F)c1. The van der Waals surface area contributed by atoms with Crippen LogP contribution in [0.3, 0.4) is 0 Å². The highest BCUT2D eigenvalue weighted by Gasteiger charge is 2.16. The molecule has 0 atom stereocenters. The van der Waals surface area contributed by atoms with Gasteiger partial charge in [0.2, 0.25) is 5.91 Å². The molecular weight excluding hydrogens is 299 g/mol. The van der Waals surface area contributed by atoms with Crippen LogP contribution in [0.2, 0.25) is 0 Å². The highest BCUT2D eigenvalue weighted by atomic mass is 19.3. The molecule has 0 aliphatic heterocycles. The van der Waals surface area contributed by atoms with Crippen molar-refractivity contribution >= 4 is 11.6 Å². The second-order valence-corrected chi connectivity index (χ2v) is 5.14. The van der Waals surface area contributed by atoms with Crippen LogP contribution in [0.5, 0.6) is 5.75 Å². The van der Waals surface area contributed by atoms with Gasteiger partial charge < -0.3 is 14.8 Å². The first-order valence-corrected chi connectivity index (χ1v) is 7.20. The summed E-state index contributed by atoms with van der Waals surface area (Å²) >= 11 is 0. The smallest absolute Gasteiger partial charge is 0.387 e. The third kappa shape index (κ3) is 5.22. The van der Waals surface area contributed by atoms with E-state index in [0.717, 1.165) is 37.8 Å². The third-order valence-electron chi connectivity index (χ3n) is 3.43. The van der Waals surface area contributed by atoms with Gasteiger partial charge in [0.25, 0.3) is 0 Å². The molecule has 0 spiro atoms. The van der Waals surface area contributed by atoms with Crippen LogP contribution in [0.15, 0.2) is 18.2 Å². The number of alkyl halides is 2. The van der Waals surface area contributed by atoms with Crippen molar-refractivity contribution in [3.63, 3.8) is 0 Å². The number of carbonyl (C=O) groups is 1. The first-order chi connectivity index (χ1) is 10.5. The Morgan fingerprint density at radius 1 is 1.27 bits per heavy atom. The molecule has 0 saturated heterocycles. The average Bonchev–Trinajstić information content (AvgIpc) is 2.49. The molecule has 1 saturated carbocycles. The minimum atomic E-state index is -3.10. The van der Waals surface area contributed by atoms with E-state index in [1.807, 2.05) is 0 Å². The molecule has 122 valence electrons. The molecule has 4 nitrogen and oxygen atoms in total. The Morgan fingerprint density at radius 3 is 2.64 bits per heavy atom. The number of hydrogen-bond donors (Lipinski definition) is 1. The summed E-state index contributed by atoms with van der Waals surface area (Å²) in [5, 5.41) is 2.46. The monoisotopic (exact) mass is 317 g/mol. The van der Waals surface area contributed by atoms with E-state index in [2.05, 4.69) is 10.1 Å². The lowest BCUT2D eigenvalue weighted by molar-refractivity contribution is -0.123. The van der Waals surface area contributed by atoms with E-state index in [1.54, 1.807) is 0 Å². The second-order valence-electron chi connectivity index (χ2n) is 5.14. The minimum Gasteiger partial charge on any atom is -0.432 e. The van der Waals surface area contributed by atoms with Crippen LogP contribution in [0.25, 0.3) is 0 Å². The number of amides is 1. The lowest BCUT2D eigenvalue weighted by Gasteiger charge is -2.21. The standard InChI is InChI=1S/C15H18F3NO3/c16-12-8-10(6-7-13(12)22-15(17)18)19-14(20)9-21-11-4-2-1-3-5-11/h6-8,11,15H,1-5,9H2,(H,19,20). The summed E-state index contributed by atoms with van der Waals surface area (Å²) in [4.78, 5) is 11.7. The van der Waals surface area contributed by atoms with Gasteiger partial charge >= 0.3 is 6.61 Å². The summed E-state index contributed by atoms with van der Waals surface area (Å²) in [6.07, 6.45) is 5.38. The van der Waals surface area contributed by atoms with Gasteiger partial charge in [-0.05, 0) is 25.0 Å². The largest absolute Gasteiger partial charge is 0.432 e. The molecule has 1 aliphatic rings. The second kappa shape index (κ2) is 8.03. The van der Waals surface area contributed by atoms with Crippen LogP contribution in [0, 0.1) is 5.82 Å². The molecule has 2 rings (SSSR count). The summed E-state index contributed by atoms with van der Waals surface area (Å²) in [6.45, 7) is -3.21. The van der Waals surface area contributed by atoms with Crippen LogP contribution >= 0.6 is 0 Å². The van der Waals surface area contributed by atoms with E-state index in [9.17, 15) is 18.0 Å². The van der Waals surface area contributed by atoms with Gasteiger partial charge in [-0.25, -0.2) is 4.39 Å². The highest BCUT2D eigenvalue weighted by molar-refractivity contribution is 5.91. The Morgan fingerprint density at radius 2 is 2.00 bits per heavy atom. The molecule has 0 heterocycles. The Bertz CT molecular complexity index is 505. The van der Waals surface area contributed by atoms with Gasteiger partial charge in [-0.2, -0.15) is 8.78 Å². The van der Waals surface area contributed by atoms with Gasteiger partial charge in [0.1, 0.15) is 6.61 Å². The van der Waals surface area contributed by atoms with E-state index < -0.39 is 24.1 Å². The molecule has 1 aliphatic carbocycles. The number of ether oxygens (including phenoxy) is 2. The quantitative estimate of drug-likeness (QED) is 0.870. The summed E-state index contributed by atoms with van der Waals surface area (Å²) < 4.78 is 47.0. The number of benzene rings is 1. The van der Waals surface area contributed by atoms with Crippen molar-refractivity contribution < 1.29 is 27.4 Å². The van der Waals surface area contributed by atoms with E-state index in [4.69, 9.17) is 4.74 Å². The van der Waals surface area contributed by atoms with Gasteiger partial charge in [0.05, 0.1) is 6.10 Å². The van der Waals surface area contributed by atoms with Crippen molar-refractivity contribution in [1.29, 1.82) is 0 Å². The maximum absolute atomic E-state index is 13.5. The number of nitrogens with one attached hydrogen (secondary N) is 1. The van der Waals surface area contributed by atoms with Crippen molar-refractivity contribution in [2.24, 2.45) is 0 Å². The number of halogens is 3. The Hall–Kier alpha value is -1.76. The molecule has 0 unspecified atom stereocenters. The van der Waals surface area contributed by atoms with Crippen LogP contribution in [-0.2, 0) is 9.53 Å². The summed E-state index contributed by atoms with van der Waals surface area (Å²) in [7, 11) is 0. The molecule has 0 bridgehead atoms. The zero-order valence-corrected chi connectivity index (χ0v) is 12.0. The lowest BCUT2D eigenvalue weighted by Crippen LogP contribution is -2.24. The Balaban J connectivity index is 1.82. The number of hydrogen-bond acceptors (Lipinski definition) is 3. The predicted octanol–water partition coefficient (Wildman–Crippen LogP) is 3.71. The fourth-order valence-electron chi connectivity index (χ4n) is 2.39. The molecule has 0 aromatic heterocycles. The lowest BCUT2D eigenvalue weighted by atomic mass is 9.98. The molecular formula is C15H18F3NO3. The van der Waals surface area contributed by atoms with E-state index in [0.29, 0.717) is 0 Å². The van der Waals surface area contributed by atoms with Crippen LogP contribution < -0.4 is 10.1 Å². The predicted molar refractivity (Wildman–Crippen MR) is 74.5 cm³/mol. The van der Waals surface area contributed by atoms with Gasteiger partial charge in [0, 0.05) is 11.8 Å². The van der Waals surface area contributed by atoms with Crippen molar-refractivity contribution in [2.75, 3.05) is 11.9 Å². The van der Waals surface area contributed by atoms with E-state index in [-0.39, 0.29) is 18.4 Å². The summed E-state index contributed by atoms with van der Waals surface area (Å²) in [5.41, 5.74) is 0.163. The van der Waals surface area contributed by atoms with Gasteiger partial charge in [-0.3, -0.25) is 4.79 Å². The minimum absolute atomic E-state index is 0.0954. The third-order valence-corrected chi connectivity index (χ3v) is 3.43. The summed E-state index contributed by atoms with van der Waals surface area (Å²) in [5.74, 6) is -1.94. The highest BCUT2D eigenvalue weighted by Crippen LogP contribution is 2.23.